The van der Waals surface area contributed by atoms with Gasteiger partial charge in [0, 0.05) is 26.2 Å². The second kappa shape index (κ2) is 2.71. The molecule has 8 heavy (non-hydrogen) atoms. The first kappa shape index (κ1) is 6.39. The van der Waals surface area contributed by atoms with E-state index < -0.39 is 0 Å². The van der Waals surface area contributed by atoms with Crippen molar-refractivity contribution in [3.8, 4) is 0 Å². The summed E-state index contributed by atoms with van der Waals surface area (Å²) in [6.45, 7) is 4.51. The quantitative estimate of drug-likeness (QED) is 0.466. The minimum atomic E-state index is 1.10. The first-order valence-corrected chi connectivity index (χ1v) is 3.31. The first-order chi connectivity index (χ1) is 3.79. The number of rotatable bonds is 0. The molecule has 0 radical (unpaired) electrons. The molecule has 1 heterocycles. The summed E-state index contributed by atoms with van der Waals surface area (Å²) >= 11 is 4.21. The summed E-state index contributed by atoms with van der Waals surface area (Å²) in [4.78, 5) is 2.31. The monoisotopic (exact) mass is 132 g/mol. The standard InChI is InChI=1S/C5H12N2S/c1-6-2-4-7(8)5-3-6/h8H,2-5H2,1H3. The fourth-order valence-corrected chi connectivity index (χ4v) is 0.975. The predicted molar refractivity (Wildman–Crippen MR) is 38.1 cm³/mol. The molecule has 1 fully saturated rings. The van der Waals surface area contributed by atoms with Crippen molar-refractivity contribution in [2.45, 2.75) is 0 Å². The van der Waals surface area contributed by atoms with Gasteiger partial charge < -0.3 is 4.90 Å². The van der Waals surface area contributed by atoms with Crippen LogP contribution in [0, 0.1) is 0 Å². The lowest BCUT2D eigenvalue weighted by Gasteiger charge is -2.27. The van der Waals surface area contributed by atoms with Crippen LogP contribution in [0.25, 0.3) is 0 Å². The molecule has 0 N–H and O–H groups in total. The summed E-state index contributed by atoms with van der Waals surface area (Å²) in [5.74, 6) is 0. The van der Waals surface area contributed by atoms with Gasteiger partial charge in [-0.05, 0) is 7.05 Å². The van der Waals surface area contributed by atoms with E-state index in [1.54, 1.807) is 0 Å². The van der Waals surface area contributed by atoms with Gasteiger partial charge in [-0.15, -0.1) is 0 Å². The fourth-order valence-electron chi connectivity index (χ4n) is 0.796. The third-order valence-corrected chi connectivity index (χ3v) is 1.88. The average Bonchev–Trinajstić information content (AvgIpc) is 1.77. The van der Waals surface area contributed by atoms with Crippen LogP contribution in [0.1, 0.15) is 0 Å². The Hall–Kier alpha value is 0.270. The average molecular weight is 132 g/mol. The Balaban J connectivity index is 2.19. The largest absolute Gasteiger partial charge is 0.304 e. The van der Waals surface area contributed by atoms with E-state index in [1.165, 1.54) is 0 Å². The topological polar surface area (TPSA) is 6.48 Å². The molecular formula is C5H12N2S. The molecule has 3 heteroatoms. The van der Waals surface area contributed by atoms with Crippen molar-refractivity contribution < 1.29 is 0 Å². The van der Waals surface area contributed by atoms with E-state index in [4.69, 9.17) is 0 Å². The summed E-state index contributed by atoms with van der Waals surface area (Å²) in [5.41, 5.74) is 0. The van der Waals surface area contributed by atoms with Gasteiger partial charge in [0.15, 0.2) is 0 Å². The number of hydrogen-bond acceptors (Lipinski definition) is 3. The molecule has 0 bridgehead atoms. The molecule has 0 aliphatic carbocycles. The summed E-state index contributed by atoms with van der Waals surface area (Å²) < 4.78 is 2.06. The van der Waals surface area contributed by atoms with E-state index in [-0.39, 0.29) is 0 Å². The van der Waals surface area contributed by atoms with E-state index >= 15 is 0 Å². The van der Waals surface area contributed by atoms with Crippen molar-refractivity contribution in [3.05, 3.63) is 0 Å². The van der Waals surface area contributed by atoms with Crippen LogP contribution in [-0.4, -0.2) is 42.4 Å². The molecule has 0 aromatic rings. The maximum atomic E-state index is 4.21. The molecule has 2 nitrogen and oxygen atoms in total. The highest BCUT2D eigenvalue weighted by molar-refractivity contribution is 7.77. The van der Waals surface area contributed by atoms with Crippen molar-refractivity contribution in [3.63, 3.8) is 0 Å². The Morgan fingerprint density at radius 3 is 2.00 bits per heavy atom. The molecule has 1 aliphatic rings. The molecule has 0 saturated carbocycles. The van der Waals surface area contributed by atoms with Crippen LogP contribution in [0.15, 0.2) is 0 Å². The number of hydrogen-bond donors (Lipinski definition) is 1. The smallest absolute Gasteiger partial charge is 0.0215 e. The van der Waals surface area contributed by atoms with Gasteiger partial charge in [-0.1, -0.05) is 12.8 Å². The molecule has 1 saturated heterocycles. The van der Waals surface area contributed by atoms with E-state index in [0.29, 0.717) is 0 Å². The van der Waals surface area contributed by atoms with E-state index in [0.717, 1.165) is 26.2 Å². The van der Waals surface area contributed by atoms with Crippen LogP contribution in [0.3, 0.4) is 0 Å². The van der Waals surface area contributed by atoms with Gasteiger partial charge in [0.1, 0.15) is 0 Å². The van der Waals surface area contributed by atoms with Crippen LogP contribution < -0.4 is 0 Å². The van der Waals surface area contributed by atoms with Gasteiger partial charge in [-0.2, -0.15) is 0 Å². The van der Waals surface area contributed by atoms with Crippen LogP contribution in [0.5, 0.6) is 0 Å². The number of piperazine rings is 1. The molecule has 0 aromatic heterocycles. The molecule has 0 unspecified atom stereocenters. The Morgan fingerprint density at radius 2 is 1.62 bits per heavy atom. The highest BCUT2D eigenvalue weighted by atomic mass is 32.1. The molecule has 0 atom stereocenters. The first-order valence-electron chi connectivity index (χ1n) is 2.91. The highest BCUT2D eigenvalue weighted by Gasteiger charge is 2.08. The van der Waals surface area contributed by atoms with Crippen molar-refractivity contribution in [1.29, 1.82) is 0 Å². The lowest BCUT2D eigenvalue weighted by atomic mass is 10.4. The Labute approximate surface area is 56.0 Å². The second-order valence-corrected chi connectivity index (χ2v) is 2.82. The summed E-state index contributed by atoms with van der Waals surface area (Å²) in [6, 6.07) is 0. The maximum Gasteiger partial charge on any atom is 0.0215 e. The van der Waals surface area contributed by atoms with Crippen LogP contribution in [-0.2, 0) is 0 Å². The predicted octanol–water partition coefficient (Wildman–Crippen LogP) is 0.0786. The van der Waals surface area contributed by atoms with Gasteiger partial charge in [-0.25, -0.2) is 0 Å². The van der Waals surface area contributed by atoms with Crippen molar-refractivity contribution in [1.82, 2.24) is 9.21 Å². The number of thiol groups is 1. The van der Waals surface area contributed by atoms with Gasteiger partial charge in [0.25, 0.3) is 0 Å². The SMILES string of the molecule is CN1CCN(S)CC1. The van der Waals surface area contributed by atoms with Gasteiger partial charge in [-0.3, -0.25) is 4.31 Å². The summed E-state index contributed by atoms with van der Waals surface area (Å²) in [7, 11) is 2.14. The Morgan fingerprint density at radius 1 is 1.12 bits per heavy atom. The minimum absolute atomic E-state index is 1.10. The third-order valence-electron chi connectivity index (χ3n) is 1.48. The Kier molecular flexibility index (Phi) is 2.16. The lowest BCUT2D eigenvalue weighted by Crippen LogP contribution is -2.39. The zero-order chi connectivity index (χ0) is 5.98. The maximum absolute atomic E-state index is 4.21. The summed E-state index contributed by atoms with van der Waals surface area (Å²) in [6.07, 6.45) is 0. The van der Waals surface area contributed by atoms with Crippen LogP contribution >= 0.6 is 12.8 Å². The van der Waals surface area contributed by atoms with Gasteiger partial charge in [0.2, 0.25) is 0 Å². The fraction of sp³-hybridized carbons (Fsp3) is 1.00. The van der Waals surface area contributed by atoms with E-state index in [9.17, 15) is 0 Å². The van der Waals surface area contributed by atoms with Gasteiger partial charge in [0.05, 0.1) is 0 Å². The normalized spacial score (nSPS) is 26.2. The molecule has 0 amide bonds. The highest BCUT2D eigenvalue weighted by Crippen LogP contribution is 1.99. The molecule has 48 valence electrons. The molecular weight excluding hydrogens is 120 g/mol. The number of likely N-dealkylation sites (N-methyl/N-ethyl adjacent to an activating group) is 1. The molecule has 0 spiro atoms. The molecule has 1 rings (SSSR count). The van der Waals surface area contributed by atoms with E-state index in [1.807, 2.05) is 0 Å². The zero-order valence-corrected chi connectivity index (χ0v) is 6.06. The second-order valence-electron chi connectivity index (χ2n) is 2.26. The molecule has 0 aromatic carbocycles. The van der Waals surface area contributed by atoms with Crippen molar-refractivity contribution in [2.24, 2.45) is 0 Å². The molecule has 1 aliphatic heterocycles. The van der Waals surface area contributed by atoms with Crippen molar-refractivity contribution in [2.75, 3.05) is 33.2 Å². The van der Waals surface area contributed by atoms with Gasteiger partial charge >= 0.3 is 0 Å². The third kappa shape index (κ3) is 1.65. The van der Waals surface area contributed by atoms with Crippen LogP contribution in [0.2, 0.25) is 0 Å². The Bertz CT molecular complexity index is 58.8. The van der Waals surface area contributed by atoms with Crippen LogP contribution in [0.4, 0.5) is 0 Å². The lowest BCUT2D eigenvalue weighted by molar-refractivity contribution is 0.235. The minimum Gasteiger partial charge on any atom is -0.304 e. The summed E-state index contributed by atoms with van der Waals surface area (Å²) in [5, 5.41) is 0. The van der Waals surface area contributed by atoms with Crippen molar-refractivity contribution >= 4 is 12.8 Å². The zero-order valence-electron chi connectivity index (χ0n) is 5.17. The number of nitrogens with zero attached hydrogens (tertiary/aromatic N) is 2. The van der Waals surface area contributed by atoms with E-state index in [2.05, 4.69) is 29.1 Å².